The van der Waals surface area contributed by atoms with Gasteiger partial charge in [-0.2, -0.15) is 0 Å². The Labute approximate surface area is 74.3 Å². The van der Waals surface area contributed by atoms with Crippen molar-refractivity contribution in [3.05, 3.63) is 0 Å². The van der Waals surface area contributed by atoms with Gasteiger partial charge in [-0.3, -0.25) is 4.79 Å². The van der Waals surface area contributed by atoms with Crippen LogP contribution in [0.5, 0.6) is 0 Å². The Bertz CT molecular complexity index is 168. The first kappa shape index (κ1) is 9.52. The Kier molecular flexibility index (Phi) is 3.09. The van der Waals surface area contributed by atoms with E-state index in [1.165, 1.54) is 0 Å². The first-order chi connectivity index (χ1) is 5.61. The van der Waals surface area contributed by atoms with Crippen molar-refractivity contribution in [1.82, 2.24) is 9.80 Å². The molecule has 1 amide bonds. The van der Waals surface area contributed by atoms with Crippen molar-refractivity contribution in [2.75, 3.05) is 34.2 Å². The second-order valence-corrected chi connectivity index (χ2v) is 3.84. The van der Waals surface area contributed by atoms with Gasteiger partial charge in [-0.05, 0) is 33.5 Å². The lowest BCUT2D eigenvalue weighted by Gasteiger charge is -2.13. The SMILES string of the molecule is CN(C)CCC1CCN(C)C1=O. The summed E-state index contributed by atoms with van der Waals surface area (Å²) in [5, 5.41) is 0. The molecule has 0 saturated carbocycles. The van der Waals surface area contributed by atoms with E-state index in [4.69, 9.17) is 0 Å². The Morgan fingerprint density at radius 2 is 2.25 bits per heavy atom. The molecule has 0 aromatic carbocycles. The maximum Gasteiger partial charge on any atom is 0.225 e. The minimum absolute atomic E-state index is 0.289. The predicted molar refractivity (Wildman–Crippen MR) is 48.9 cm³/mol. The van der Waals surface area contributed by atoms with Crippen LogP contribution in [0.4, 0.5) is 0 Å². The third-order valence-corrected chi connectivity index (χ3v) is 2.46. The van der Waals surface area contributed by atoms with Crippen LogP contribution in [0.15, 0.2) is 0 Å². The highest BCUT2D eigenvalue weighted by molar-refractivity contribution is 5.80. The van der Waals surface area contributed by atoms with Gasteiger partial charge < -0.3 is 9.80 Å². The van der Waals surface area contributed by atoms with E-state index in [0.29, 0.717) is 5.91 Å². The van der Waals surface area contributed by atoms with E-state index < -0.39 is 0 Å². The van der Waals surface area contributed by atoms with Crippen molar-refractivity contribution in [3.63, 3.8) is 0 Å². The highest BCUT2D eigenvalue weighted by Gasteiger charge is 2.28. The van der Waals surface area contributed by atoms with Crippen LogP contribution < -0.4 is 0 Å². The topological polar surface area (TPSA) is 23.6 Å². The van der Waals surface area contributed by atoms with Gasteiger partial charge in [0.15, 0.2) is 0 Å². The Morgan fingerprint density at radius 3 is 2.67 bits per heavy atom. The normalized spacial score (nSPS) is 24.2. The molecule has 1 heterocycles. The molecule has 1 rings (SSSR count). The summed E-state index contributed by atoms with van der Waals surface area (Å²) in [7, 11) is 5.98. The van der Waals surface area contributed by atoms with Crippen LogP contribution in [0.2, 0.25) is 0 Å². The fourth-order valence-corrected chi connectivity index (χ4v) is 1.58. The van der Waals surface area contributed by atoms with E-state index in [-0.39, 0.29) is 5.92 Å². The van der Waals surface area contributed by atoms with E-state index in [0.717, 1.165) is 25.9 Å². The molecule has 1 aliphatic rings. The molecule has 1 fully saturated rings. The maximum atomic E-state index is 11.4. The van der Waals surface area contributed by atoms with Crippen molar-refractivity contribution in [2.24, 2.45) is 5.92 Å². The number of carbonyl (C=O) groups is 1. The lowest BCUT2D eigenvalue weighted by Crippen LogP contribution is -2.25. The average molecular weight is 170 g/mol. The lowest BCUT2D eigenvalue weighted by atomic mass is 10.0. The van der Waals surface area contributed by atoms with Crippen molar-refractivity contribution in [3.8, 4) is 0 Å². The highest BCUT2D eigenvalue weighted by Crippen LogP contribution is 2.19. The zero-order chi connectivity index (χ0) is 9.14. The molecule has 1 saturated heterocycles. The number of hydrogen-bond acceptors (Lipinski definition) is 2. The molecule has 3 nitrogen and oxygen atoms in total. The number of amides is 1. The van der Waals surface area contributed by atoms with E-state index >= 15 is 0 Å². The zero-order valence-electron chi connectivity index (χ0n) is 8.21. The minimum Gasteiger partial charge on any atom is -0.345 e. The third kappa shape index (κ3) is 2.21. The van der Waals surface area contributed by atoms with Crippen molar-refractivity contribution in [2.45, 2.75) is 12.8 Å². The molecule has 0 N–H and O–H groups in total. The van der Waals surface area contributed by atoms with Crippen molar-refractivity contribution < 1.29 is 4.79 Å². The quantitative estimate of drug-likeness (QED) is 0.612. The fourth-order valence-electron chi connectivity index (χ4n) is 1.58. The van der Waals surface area contributed by atoms with Crippen molar-refractivity contribution >= 4 is 5.91 Å². The first-order valence-electron chi connectivity index (χ1n) is 4.51. The van der Waals surface area contributed by atoms with Gasteiger partial charge >= 0.3 is 0 Å². The monoisotopic (exact) mass is 170 g/mol. The van der Waals surface area contributed by atoms with Gasteiger partial charge in [0.25, 0.3) is 0 Å². The minimum atomic E-state index is 0.289. The second kappa shape index (κ2) is 3.90. The van der Waals surface area contributed by atoms with Crippen LogP contribution >= 0.6 is 0 Å². The van der Waals surface area contributed by atoms with E-state index in [1.807, 2.05) is 26.0 Å². The van der Waals surface area contributed by atoms with Gasteiger partial charge in [0.1, 0.15) is 0 Å². The molecule has 70 valence electrons. The summed E-state index contributed by atoms with van der Waals surface area (Å²) in [5.74, 6) is 0.620. The van der Waals surface area contributed by atoms with E-state index in [2.05, 4.69) is 4.90 Å². The summed E-state index contributed by atoms with van der Waals surface area (Å²) in [6, 6.07) is 0. The van der Waals surface area contributed by atoms with Gasteiger partial charge in [0.05, 0.1) is 0 Å². The van der Waals surface area contributed by atoms with Crippen LogP contribution in [-0.2, 0) is 4.79 Å². The molecular weight excluding hydrogens is 152 g/mol. The Morgan fingerprint density at radius 1 is 1.58 bits per heavy atom. The standard InChI is InChI=1S/C9H18N2O/c1-10(2)6-4-8-5-7-11(3)9(8)12/h8H,4-7H2,1-3H3. The summed E-state index contributed by atoms with van der Waals surface area (Å²) >= 11 is 0. The molecule has 0 aromatic heterocycles. The summed E-state index contributed by atoms with van der Waals surface area (Å²) in [6.45, 7) is 1.96. The average Bonchev–Trinajstić information content (AvgIpc) is 2.30. The number of carbonyl (C=O) groups excluding carboxylic acids is 1. The smallest absolute Gasteiger partial charge is 0.225 e. The maximum absolute atomic E-state index is 11.4. The molecular formula is C9H18N2O. The largest absolute Gasteiger partial charge is 0.345 e. The van der Waals surface area contributed by atoms with E-state index in [1.54, 1.807) is 0 Å². The molecule has 0 bridgehead atoms. The van der Waals surface area contributed by atoms with Gasteiger partial charge in [0.2, 0.25) is 5.91 Å². The second-order valence-electron chi connectivity index (χ2n) is 3.84. The molecule has 12 heavy (non-hydrogen) atoms. The highest BCUT2D eigenvalue weighted by atomic mass is 16.2. The summed E-state index contributed by atoms with van der Waals surface area (Å²) < 4.78 is 0. The zero-order valence-corrected chi connectivity index (χ0v) is 8.21. The first-order valence-corrected chi connectivity index (χ1v) is 4.51. The number of likely N-dealkylation sites (tertiary alicyclic amines) is 1. The van der Waals surface area contributed by atoms with Crippen LogP contribution in [0.25, 0.3) is 0 Å². The van der Waals surface area contributed by atoms with Gasteiger partial charge in [0, 0.05) is 19.5 Å². The lowest BCUT2D eigenvalue weighted by molar-refractivity contribution is -0.130. The molecule has 0 aromatic rings. The third-order valence-electron chi connectivity index (χ3n) is 2.46. The van der Waals surface area contributed by atoms with Gasteiger partial charge in [-0.25, -0.2) is 0 Å². The molecule has 1 atom stereocenters. The van der Waals surface area contributed by atoms with E-state index in [9.17, 15) is 4.79 Å². The molecule has 0 radical (unpaired) electrons. The number of rotatable bonds is 3. The van der Waals surface area contributed by atoms with Crippen LogP contribution in [-0.4, -0.2) is 49.9 Å². The molecule has 0 aliphatic carbocycles. The molecule has 1 aliphatic heterocycles. The summed E-state index contributed by atoms with van der Waals surface area (Å²) in [4.78, 5) is 15.4. The summed E-state index contributed by atoms with van der Waals surface area (Å²) in [6.07, 6.45) is 2.05. The number of hydrogen-bond donors (Lipinski definition) is 0. The van der Waals surface area contributed by atoms with Crippen LogP contribution in [0.3, 0.4) is 0 Å². The van der Waals surface area contributed by atoms with Gasteiger partial charge in [-0.15, -0.1) is 0 Å². The van der Waals surface area contributed by atoms with Crippen LogP contribution in [0, 0.1) is 5.92 Å². The Hall–Kier alpha value is -0.570. The Balaban J connectivity index is 2.30. The fraction of sp³-hybridized carbons (Fsp3) is 0.889. The predicted octanol–water partition coefficient (Wildman–Crippen LogP) is 0.416. The summed E-state index contributed by atoms with van der Waals surface area (Å²) in [5.41, 5.74) is 0. The molecule has 0 spiro atoms. The molecule has 3 heteroatoms. The molecule has 1 unspecified atom stereocenters. The number of nitrogens with zero attached hydrogens (tertiary/aromatic N) is 2. The van der Waals surface area contributed by atoms with Crippen molar-refractivity contribution in [1.29, 1.82) is 0 Å². The van der Waals surface area contributed by atoms with Crippen LogP contribution in [0.1, 0.15) is 12.8 Å². The van der Waals surface area contributed by atoms with Gasteiger partial charge in [-0.1, -0.05) is 0 Å².